The van der Waals surface area contributed by atoms with Crippen LogP contribution in [0.5, 0.6) is 0 Å². The first-order valence-corrected chi connectivity index (χ1v) is 6.88. The molecule has 5 heteroatoms. The van der Waals surface area contributed by atoms with Gasteiger partial charge in [-0.1, -0.05) is 18.2 Å². The quantitative estimate of drug-likeness (QED) is 0.788. The molecule has 0 aliphatic rings. The molecule has 1 N–H and O–H groups in total. The molecule has 0 atom stereocenters. The number of aryl methyl sites for hydroxylation is 2. The number of nitrogens with one attached hydrogen (secondary N) is 1. The number of anilines is 1. The maximum absolute atomic E-state index is 14.0. The normalized spacial score (nSPS) is 11.0. The second kappa shape index (κ2) is 5.16. The number of benzene rings is 1. The smallest absolute Gasteiger partial charge is 0.186 e. The molecule has 0 fully saturated rings. The zero-order chi connectivity index (χ0) is 15.0. The van der Waals surface area contributed by atoms with Crippen molar-refractivity contribution in [2.45, 2.75) is 20.8 Å². The predicted molar refractivity (Wildman–Crippen MR) is 80.8 cm³/mol. The Bertz CT molecular complexity index is 811. The molecule has 0 spiro atoms. The van der Waals surface area contributed by atoms with Gasteiger partial charge in [0.2, 0.25) is 0 Å². The number of rotatable bonds is 3. The molecule has 0 radical (unpaired) electrons. The van der Waals surface area contributed by atoms with Gasteiger partial charge in [-0.05, 0) is 26.8 Å². The summed E-state index contributed by atoms with van der Waals surface area (Å²) < 4.78 is 19.7. The van der Waals surface area contributed by atoms with Gasteiger partial charge in [-0.2, -0.15) is 0 Å². The van der Waals surface area contributed by atoms with Gasteiger partial charge in [-0.25, -0.2) is 14.4 Å². The first-order valence-electron chi connectivity index (χ1n) is 6.88. The van der Waals surface area contributed by atoms with Crippen LogP contribution in [0.3, 0.4) is 0 Å². The van der Waals surface area contributed by atoms with E-state index < -0.39 is 5.82 Å². The minimum absolute atomic E-state index is 0.227. The van der Waals surface area contributed by atoms with E-state index >= 15 is 0 Å². The Morgan fingerprint density at radius 2 is 1.95 bits per heavy atom. The summed E-state index contributed by atoms with van der Waals surface area (Å²) in [6.07, 6.45) is 0. The van der Waals surface area contributed by atoms with Gasteiger partial charge in [0.1, 0.15) is 11.3 Å². The monoisotopic (exact) mass is 285 g/mol. The van der Waals surface area contributed by atoms with Gasteiger partial charge in [0.25, 0.3) is 0 Å². The van der Waals surface area contributed by atoms with Gasteiger partial charge >= 0.3 is 0 Å². The van der Waals surface area contributed by atoms with Crippen molar-refractivity contribution in [2.75, 3.05) is 11.9 Å². The molecule has 0 aliphatic carbocycles. The fourth-order valence-electron chi connectivity index (χ4n) is 2.40. The lowest BCUT2D eigenvalue weighted by Gasteiger charge is -2.08. The number of halogens is 1. The van der Waals surface area contributed by atoms with Crippen molar-refractivity contribution in [1.82, 2.24) is 9.97 Å². The van der Waals surface area contributed by atoms with Crippen LogP contribution in [0.4, 0.5) is 10.2 Å². The molecule has 2 heterocycles. The van der Waals surface area contributed by atoms with Gasteiger partial charge in [0, 0.05) is 11.9 Å². The fourth-order valence-corrected chi connectivity index (χ4v) is 2.40. The van der Waals surface area contributed by atoms with Gasteiger partial charge in [-0.3, -0.25) is 0 Å². The van der Waals surface area contributed by atoms with E-state index in [1.54, 1.807) is 6.92 Å². The minimum Gasteiger partial charge on any atom is -0.461 e. The summed E-state index contributed by atoms with van der Waals surface area (Å²) in [5, 5.41) is 3.86. The molecule has 3 aromatic rings. The van der Waals surface area contributed by atoms with E-state index in [1.807, 2.05) is 38.1 Å². The Morgan fingerprint density at radius 1 is 1.19 bits per heavy atom. The summed E-state index contributed by atoms with van der Waals surface area (Å²) in [6, 6.07) is 7.70. The fraction of sp³-hybridized carbons (Fsp3) is 0.250. The summed E-state index contributed by atoms with van der Waals surface area (Å²) in [5.41, 5.74) is 1.91. The number of fused-ring (bicyclic) bond motifs is 1. The highest BCUT2D eigenvalue weighted by molar-refractivity contribution is 5.93. The van der Waals surface area contributed by atoms with E-state index in [1.165, 1.54) is 0 Å². The molecule has 0 aliphatic heterocycles. The van der Waals surface area contributed by atoms with E-state index in [0.717, 1.165) is 22.3 Å². The Hall–Kier alpha value is -2.43. The average molecular weight is 285 g/mol. The number of nitrogens with zero attached hydrogens (tertiary/aromatic N) is 2. The number of hydrogen-bond donors (Lipinski definition) is 1. The van der Waals surface area contributed by atoms with Crippen molar-refractivity contribution in [2.24, 2.45) is 0 Å². The average Bonchev–Trinajstić information content (AvgIpc) is 2.79. The van der Waals surface area contributed by atoms with E-state index in [4.69, 9.17) is 4.42 Å². The third-order valence-electron chi connectivity index (χ3n) is 3.36. The van der Waals surface area contributed by atoms with Gasteiger partial charge in [0.15, 0.2) is 17.5 Å². The second-order valence-electron chi connectivity index (χ2n) is 4.85. The van der Waals surface area contributed by atoms with Crippen molar-refractivity contribution in [3.63, 3.8) is 0 Å². The van der Waals surface area contributed by atoms with Crippen LogP contribution in [0, 0.1) is 19.7 Å². The summed E-state index contributed by atoms with van der Waals surface area (Å²) in [6.45, 7) is 6.00. The Kier molecular flexibility index (Phi) is 3.33. The largest absolute Gasteiger partial charge is 0.461 e. The topological polar surface area (TPSA) is 51.0 Å². The number of aromatic nitrogens is 2. The molecule has 108 valence electrons. The van der Waals surface area contributed by atoms with E-state index in [2.05, 4.69) is 15.3 Å². The van der Waals surface area contributed by atoms with E-state index in [9.17, 15) is 4.39 Å². The molecular formula is C16H16FN3O. The van der Waals surface area contributed by atoms with Crippen molar-refractivity contribution in [1.29, 1.82) is 0 Å². The molecule has 0 amide bonds. The van der Waals surface area contributed by atoms with Crippen LogP contribution in [-0.4, -0.2) is 16.5 Å². The summed E-state index contributed by atoms with van der Waals surface area (Å²) in [4.78, 5) is 8.60. The third kappa shape index (κ3) is 2.24. The lowest BCUT2D eigenvalue weighted by molar-refractivity contribution is 0.578. The van der Waals surface area contributed by atoms with Crippen LogP contribution >= 0.6 is 0 Å². The lowest BCUT2D eigenvalue weighted by Crippen LogP contribution is -2.07. The van der Waals surface area contributed by atoms with Crippen molar-refractivity contribution in [3.05, 3.63) is 41.5 Å². The van der Waals surface area contributed by atoms with Crippen LogP contribution in [0.15, 0.2) is 28.7 Å². The predicted octanol–water partition coefficient (Wildman–Crippen LogP) is 4.08. The highest BCUT2D eigenvalue weighted by Gasteiger charge is 2.18. The maximum Gasteiger partial charge on any atom is 0.186 e. The Morgan fingerprint density at radius 3 is 2.71 bits per heavy atom. The number of hydrogen-bond acceptors (Lipinski definition) is 4. The molecule has 1 aromatic carbocycles. The number of para-hydroxylation sites is 1. The van der Waals surface area contributed by atoms with Crippen molar-refractivity contribution in [3.8, 4) is 11.4 Å². The first-order chi connectivity index (χ1) is 10.1. The van der Waals surface area contributed by atoms with Crippen LogP contribution in [0.2, 0.25) is 0 Å². The van der Waals surface area contributed by atoms with E-state index in [-0.39, 0.29) is 5.82 Å². The summed E-state index contributed by atoms with van der Waals surface area (Å²) in [5.74, 6) is 1.02. The van der Waals surface area contributed by atoms with Gasteiger partial charge in [0.05, 0.1) is 11.3 Å². The van der Waals surface area contributed by atoms with Crippen LogP contribution < -0.4 is 5.32 Å². The van der Waals surface area contributed by atoms with Crippen LogP contribution in [0.1, 0.15) is 18.4 Å². The lowest BCUT2D eigenvalue weighted by atomic mass is 10.1. The molecule has 0 saturated heterocycles. The van der Waals surface area contributed by atoms with Crippen molar-refractivity contribution >= 4 is 16.8 Å². The summed E-state index contributed by atoms with van der Waals surface area (Å²) in [7, 11) is 0. The third-order valence-corrected chi connectivity index (χ3v) is 3.36. The standard InChI is InChI=1S/C16H16FN3O/c1-4-18-16-14(17)9(2)19-15(20-16)13-10(3)21-12-8-6-5-7-11(12)13/h5-8H,4H2,1-3H3,(H,18,19,20). The highest BCUT2D eigenvalue weighted by atomic mass is 19.1. The maximum atomic E-state index is 14.0. The van der Waals surface area contributed by atoms with Crippen molar-refractivity contribution < 1.29 is 8.81 Å². The SMILES string of the molecule is CCNc1nc(-c2c(C)oc3ccccc23)nc(C)c1F. The Labute approximate surface area is 122 Å². The molecular weight excluding hydrogens is 269 g/mol. The molecule has 4 nitrogen and oxygen atoms in total. The molecule has 0 unspecified atom stereocenters. The zero-order valence-electron chi connectivity index (χ0n) is 12.2. The van der Waals surface area contributed by atoms with Crippen LogP contribution in [0.25, 0.3) is 22.4 Å². The second-order valence-corrected chi connectivity index (χ2v) is 4.85. The van der Waals surface area contributed by atoms with Gasteiger partial charge < -0.3 is 9.73 Å². The highest BCUT2D eigenvalue weighted by Crippen LogP contribution is 2.33. The summed E-state index contributed by atoms with van der Waals surface area (Å²) >= 11 is 0. The molecule has 3 rings (SSSR count). The first kappa shape index (κ1) is 13.5. The van der Waals surface area contributed by atoms with E-state index in [0.29, 0.717) is 18.1 Å². The minimum atomic E-state index is -0.411. The molecule has 0 saturated carbocycles. The van der Waals surface area contributed by atoms with Crippen LogP contribution in [-0.2, 0) is 0 Å². The van der Waals surface area contributed by atoms with Gasteiger partial charge in [-0.15, -0.1) is 0 Å². The molecule has 0 bridgehead atoms. The number of furan rings is 1. The molecule has 21 heavy (non-hydrogen) atoms. The zero-order valence-corrected chi connectivity index (χ0v) is 12.2. The molecule has 2 aromatic heterocycles. The Balaban J connectivity index is 2.25.